The van der Waals surface area contributed by atoms with Crippen LogP contribution in [0.3, 0.4) is 0 Å². The summed E-state index contributed by atoms with van der Waals surface area (Å²) in [5.41, 5.74) is -1.07. The van der Waals surface area contributed by atoms with Gasteiger partial charge in [0, 0.05) is 10.1 Å². The second-order valence-corrected chi connectivity index (χ2v) is 4.52. The van der Waals surface area contributed by atoms with Crippen LogP contribution < -0.4 is 0 Å². The van der Waals surface area contributed by atoms with Gasteiger partial charge in [-0.25, -0.2) is 4.39 Å². The van der Waals surface area contributed by atoms with Crippen molar-refractivity contribution >= 4 is 14.0 Å². The summed E-state index contributed by atoms with van der Waals surface area (Å²) >= 11 is 0. The van der Waals surface area contributed by atoms with Crippen LogP contribution >= 0.6 is 8.25 Å². The first-order valence-corrected chi connectivity index (χ1v) is 6.74. The predicted octanol–water partition coefficient (Wildman–Crippen LogP) is 3.23. The lowest BCUT2D eigenvalue weighted by Crippen LogP contribution is -2.38. The summed E-state index contributed by atoms with van der Waals surface area (Å²) in [6, 6.07) is 5.02. The lowest BCUT2D eigenvalue weighted by Gasteiger charge is -2.22. The Morgan fingerprint density at radius 3 is 2.22 bits per heavy atom. The molecule has 0 aliphatic rings. The molecule has 1 N–H and O–H groups in total. The molecule has 6 heteroatoms. The molecule has 0 bridgehead atoms. The van der Waals surface area contributed by atoms with Crippen molar-refractivity contribution in [1.82, 2.24) is 0 Å². The van der Waals surface area contributed by atoms with E-state index in [9.17, 15) is 13.8 Å². The van der Waals surface area contributed by atoms with Crippen LogP contribution in [0.5, 0.6) is 0 Å². The quantitative estimate of drug-likeness (QED) is 0.638. The van der Waals surface area contributed by atoms with Gasteiger partial charge in [0.15, 0.2) is 11.4 Å². The number of Topliss-reactive ketones (excluding diaryl/α,β-unsaturated/α-hetero) is 1. The largest absolute Gasteiger partial charge is 0.695 e. The minimum absolute atomic E-state index is 0.261. The van der Waals surface area contributed by atoms with Crippen molar-refractivity contribution in [1.29, 1.82) is 0 Å². The Morgan fingerprint density at radius 1 is 1.33 bits per heavy atom. The van der Waals surface area contributed by atoms with Gasteiger partial charge in [0.1, 0.15) is 5.82 Å². The maximum atomic E-state index is 12.8. The summed E-state index contributed by atoms with van der Waals surface area (Å²) < 4.78 is 28.5. The van der Waals surface area contributed by atoms with Crippen molar-refractivity contribution in [3.63, 3.8) is 0 Å². The number of ketones is 1. The molecule has 0 radical (unpaired) electrons. The molecular weight excluding hydrogens is 258 g/mol. The molecule has 0 aromatic heterocycles. The number of carbonyl (C=O) groups is 1. The molecule has 0 heterocycles. The number of halogens is 1. The lowest BCUT2D eigenvalue weighted by molar-refractivity contribution is 0.0395. The third-order valence-corrected chi connectivity index (χ3v) is 3.42. The van der Waals surface area contributed by atoms with Crippen LogP contribution in [0.2, 0.25) is 0 Å². The molecule has 0 fully saturated rings. The third kappa shape index (κ3) is 3.19. The highest BCUT2D eigenvalue weighted by atomic mass is 31.1. The fourth-order valence-electron chi connectivity index (χ4n) is 1.76. The zero-order valence-electron chi connectivity index (χ0n) is 10.2. The normalized spacial score (nSPS) is 12.3. The van der Waals surface area contributed by atoms with Gasteiger partial charge in [-0.3, -0.25) is 4.79 Å². The SMILES string of the molecule is CCC(CC)(O[P+](=O)O)C(=O)c1ccc(F)cc1. The highest BCUT2D eigenvalue weighted by Crippen LogP contribution is 2.34. The molecule has 0 aliphatic heterocycles. The molecule has 4 nitrogen and oxygen atoms in total. The molecular formula is C12H15FO4P+. The summed E-state index contributed by atoms with van der Waals surface area (Å²) in [6.45, 7) is 3.40. The molecule has 98 valence electrons. The van der Waals surface area contributed by atoms with Gasteiger partial charge < -0.3 is 0 Å². The standard InChI is InChI=1S/C12H14FO4P/c1-3-12(4-2,17-18(15)16)11(14)9-5-7-10(13)8-6-9/h5-8H,3-4H2,1-2H3/p+1. The molecule has 18 heavy (non-hydrogen) atoms. The van der Waals surface area contributed by atoms with Crippen molar-refractivity contribution < 1.29 is 23.2 Å². The fourth-order valence-corrected chi connectivity index (χ4v) is 2.40. The van der Waals surface area contributed by atoms with Gasteiger partial charge in [0.2, 0.25) is 0 Å². The van der Waals surface area contributed by atoms with Crippen LogP contribution in [0.1, 0.15) is 37.0 Å². The van der Waals surface area contributed by atoms with Gasteiger partial charge in [-0.15, -0.1) is 9.42 Å². The van der Waals surface area contributed by atoms with Gasteiger partial charge in [-0.2, -0.15) is 0 Å². The molecule has 1 rings (SSSR count). The zero-order valence-corrected chi connectivity index (χ0v) is 11.1. The Balaban J connectivity index is 3.09. The molecule has 0 saturated carbocycles. The van der Waals surface area contributed by atoms with Crippen LogP contribution in [0.4, 0.5) is 4.39 Å². The predicted molar refractivity (Wildman–Crippen MR) is 65.0 cm³/mol. The van der Waals surface area contributed by atoms with Crippen molar-refractivity contribution in [2.45, 2.75) is 32.3 Å². The van der Waals surface area contributed by atoms with E-state index in [1.165, 1.54) is 24.3 Å². The first-order chi connectivity index (χ1) is 8.45. The van der Waals surface area contributed by atoms with E-state index < -0.39 is 25.5 Å². The number of hydrogen-bond donors (Lipinski definition) is 1. The minimum Gasteiger partial charge on any atom is -0.291 e. The van der Waals surface area contributed by atoms with Crippen LogP contribution in [-0.2, 0) is 9.09 Å². The monoisotopic (exact) mass is 273 g/mol. The minimum atomic E-state index is -2.87. The second-order valence-electron chi connectivity index (χ2n) is 3.87. The molecule has 0 aliphatic carbocycles. The summed E-state index contributed by atoms with van der Waals surface area (Å²) in [6.07, 6.45) is 0.530. The molecule has 0 spiro atoms. The Hall–Kier alpha value is -1.16. The van der Waals surface area contributed by atoms with Gasteiger partial charge >= 0.3 is 8.25 Å². The smallest absolute Gasteiger partial charge is 0.291 e. The molecule has 1 atom stereocenters. The first-order valence-electron chi connectivity index (χ1n) is 5.61. The van der Waals surface area contributed by atoms with E-state index in [2.05, 4.69) is 0 Å². The number of rotatable bonds is 6. The number of carbonyl (C=O) groups excluding carboxylic acids is 1. The van der Waals surface area contributed by atoms with E-state index >= 15 is 0 Å². The highest BCUT2D eigenvalue weighted by Gasteiger charge is 2.44. The summed E-state index contributed by atoms with van der Waals surface area (Å²) in [7, 11) is -2.87. The molecule has 1 aromatic carbocycles. The van der Waals surface area contributed by atoms with Crippen molar-refractivity contribution in [2.75, 3.05) is 0 Å². The van der Waals surface area contributed by atoms with E-state index in [0.717, 1.165) is 0 Å². The summed E-state index contributed by atoms with van der Waals surface area (Å²) in [5.74, 6) is -0.857. The maximum absolute atomic E-state index is 12.8. The summed E-state index contributed by atoms with van der Waals surface area (Å²) in [5, 5.41) is 0. The average molecular weight is 273 g/mol. The molecule has 0 amide bonds. The van der Waals surface area contributed by atoms with Gasteiger partial charge in [-0.1, -0.05) is 13.8 Å². The van der Waals surface area contributed by atoms with Crippen LogP contribution in [0, 0.1) is 5.82 Å². The van der Waals surface area contributed by atoms with Crippen molar-refractivity contribution in [3.8, 4) is 0 Å². The van der Waals surface area contributed by atoms with E-state index in [-0.39, 0.29) is 18.4 Å². The maximum Gasteiger partial charge on any atom is 0.695 e. The summed E-state index contributed by atoms with van der Waals surface area (Å²) in [4.78, 5) is 21.2. The highest BCUT2D eigenvalue weighted by molar-refractivity contribution is 7.32. The average Bonchev–Trinajstić information content (AvgIpc) is 2.36. The van der Waals surface area contributed by atoms with Crippen LogP contribution in [0.15, 0.2) is 24.3 Å². The van der Waals surface area contributed by atoms with Gasteiger partial charge in [0.25, 0.3) is 0 Å². The van der Waals surface area contributed by atoms with Crippen LogP contribution in [0.25, 0.3) is 0 Å². The third-order valence-electron chi connectivity index (χ3n) is 2.92. The number of benzene rings is 1. The zero-order chi connectivity index (χ0) is 13.8. The van der Waals surface area contributed by atoms with E-state index in [0.29, 0.717) is 0 Å². The van der Waals surface area contributed by atoms with Crippen molar-refractivity contribution in [2.24, 2.45) is 0 Å². The fraction of sp³-hybridized carbons (Fsp3) is 0.417. The molecule has 1 aromatic rings. The molecule has 1 unspecified atom stereocenters. The van der Waals surface area contributed by atoms with Gasteiger partial charge in [-0.05, 0) is 37.1 Å². The van der Waals surface area contributed by atoms with Crippen molar-refractivity contribution in [3.05, 3.63) is 35.6 Å². The van der Waals surface area contributed by atoms with E-state index in [4.69, 9.17) is 9.42 Å². The number of hydrogen-bond acceptors (Lipinski definition) is 3. The first kappa shape index (κ1) is 14.9. The lowest BCUT2D eigenvalue weighted by atomic mass is 9.88. The van der Waals surface area contributed by atoms with Crippen LogP contribution in [-0.4, -0.2) is 16.3 Å². The Bertz CT molecular complexity index is 440. The van der Waals surface area contributed by atoms with E-state index in [1.54, 1.807) is 13.8 Å². The van der Waals surface area contributed by atoms with E-state index in [1.807, 2.05) is 0 Å². The Morgan fingerprint density at radius 2 is 1.83 bits per heavy atom. The Labute approximate surface area is 106 Å². The van der Waals surface area contributed by atoms with Gasteiger partial charge in [0.05, 0.1) is 0 Å². The molecule has 0 saturated heterocycles. The topological polar surface area (TPSA) is 63.6 Å². The second kappa shape index (κ2) is 6.14. The Kier molecular flexibility index (Phi) is 5.08.